The first-order valence-electron chi connectivity index (χ1n) is 6.60. The van der Waals surface area contributed by atoms with Crippen molar-refractivity contribution in [1.82, 2.24) is 0 Å². The summed E-state index contributed by atoms with van der Waals surface area (Å²) < 4.78 is 5.73. The lowest BCUT2D eigenvalue weighted by atomic mass is 9.86. The fourth-order valence-electron chi connectivity index (χ4n) is 2.67. The van der Waals surface area contributed by atoms with Crippen molar-refractivity contribution in [2.24, 2.45) is 0 Å². The monoisotopic (exact) mass is 222 g/mol. The first-order valence-corrected chi connectivity index (χ1v) is 6.60. The van der Waals surface area contributed by atoms with Gasteiger partial charge in [-0.25, -0.2) is 0 Å². The smallest absolute Gasteiger partial charge is 0.189 e. The van der Waals surface area contributed by atoms with Gasteiger partial charge < -0.3 is 4.74 Å². The van der Waals surface area contributed by atoms with Crippen LogP contribution in [0.2, 0.25) is 0 Å². The summed E-state index contributed by atoms with van der Waals surface area (Å²) in [5, 5.41) is 0. The molecule has 1 aliphatic heterocycles. The van der Waals surface area contributed by atoms with Crippen LogP contribution in [0.5, 0.6) is 0 Å². The van der Waals surface area contributed by atoms with Crippen molar-refractivity contribution in [3.8, 4) is 0 Å². The minimum Gasteiger partial charge on any atom is -0.367 e. The number of carbonyl (C=O) groups excluding carboxylic acids is 1. The van der Waals surface area contributed by atoms with Crippen LogP contribution in [0.15, 0.2) is 11.6 Å². The molecule has 1 heterocycles. The fourth-order valence-corrected chi connectivity index (χ4v) is 2.67. The standard InChI is InChI=1S/C14H22O2/c1-14(10-6-7-11-16-14)13(15)12-8-4-2-3-5-9-12/h8H,2-7,9-11H2,1H3. The molecule has 2 heteroatoms. The van der Waals surface area contributed by atoms with E-state index in [4.69, 9.17) is 4.74 Å². The Hall–Kier alpha value is -0.630. The van der Waals surface area contributed by atoms with Gasteiger partial charge >= 0.3 is 0 Å². The Balaban J connectivity index is 2.07. The van der Waals surface area contributed by atoms with Crippen LogP contribution in [-0.4, -0.2) is 18.0 Å². The molecule has 0 aromatic heterocycles. The molecule has 0 radical (unpaired) electrons. The van der Waals surface area contributed by atoms with Gasteiger partial charge in [0.15, 0.2) is 5.78 Å². The third-order valence-corrected chi connectivity index (χ3v) is 3.78. The Morgan fingerprint density at radius 3 is 2.88 bits per heavy atom. The molecule has 1 saturated heterocycles. The highest BCUT2D eigenvalue weighted by molar-refractivity contribution is 6.01. The highest BCUT2D eigenvalue weighted by Gasteiger charge is 2.37. The lowest BCUT2D eigenvalue weighted by molar-refractivity contribution is -0.144. The van der Waals surface area contributed by atoms with Crippen molar-refractivity contribution in [3.63, 3.8) is 0 Å². The minimum absolute atomic E-state index is 0.258. The van der Waals surface area contributed by atoms with Crippen LogP contribution in [0.1, 0.15) is 58.3 Å². The van der Waals surface area contributed by atoms with E-state index in [1.54, 1.807) is 0 Å². The van der Waals surface area contributed by atoms with Gasteiger partial charge in [0.1, 0.15) is 5.60 Å². The maximum absolute atomic E-state index is 12.4. The zero-order valence-electron chi connectivity index (χ0n) is 10.3. The third-order valence-electron chi connectivity index (χ3n) is 3.78. The van der Waals surface area contributed by atoms with Crippen LogP contribution in [0, 0.1) is 0 Å². The lowest BCUT2D eigenvalue weighted by Crippen LogP contribution is -2.42. The number of hydrogen-bond acceptors (Lipinski definition) is 2. The summed E-state index contributed by atoms with van der Waals surface area (Å²) in [5.41, 5.74) is 0.510. The number of Topliss-reactive ketones (excluding diaryl/α,β-unsaturated/α-hetero) is 1. The normalized spacial score (nSPS) is 31.7. The van der Waals surface area contributed by atoms with Crippen molar-refractivity contribution in [1.29, 1.82) is 0 Å². The minimum atomic E-state index is -0.519. The lowest BCUT2D eigenvalue weighted by Gasteiger charge is -2.33. The van der Waals surface area contributed by atoms with Gasteiger partial charge in [0.2, 0.25) is 0 Å². The Kier molecular flexibility index (Phi) is 3.80. The van der Waals surface area contributed by atoms with Gasteiger partial charge in [-0.1, -0.05) is 12.5 Å². The summed E-state index contributed by atoms with van der Waals surface area (Å²) in [6, 6.07) is 0. The second-order valence-electron chi connectivity index (χ2n) is 5.19. The second-order valence-corrected chi connectivity index (χ2v) is 5.19. The molecule has 0 N–H and O–H groups in total. The third kappa shape index (κ3) is 2.54. The van der Waals surface area contributed by atoms with Gasteiger partial charge in [-0.3, -0.25) is 4.79 Å². The Morgan fingerprint density at radius 1 is 1.25 bits per heavy atom. The highest BCUT2D eigenvalue weighted by atomic mass is 16.5. The zero-order chi connectivity index (χ0) is 11.4. The highest BCUT2D eigenvalue weighted by Crippen LogP contribution is 2.30. The van der Waals surface area contributed by atoms with Crippen LogP contribution < -0.4 is 0 Å². The van der Waals surface area contributed by atoms with Crippen molar-refractivity contribution < 1.29 is 9.53 Å². The molecule has 0 aromatic carbocycles. The van der Waals surface area contributed by atoms with Crippen LogP contribution in [0.3, 0.4) is 0 Å². The molecule has 2 aliphatic rings. The first-order chi connectivity index (χ1) is 7.72. The Bertz CT molecular complexity index is 285. The van der Waals surface area contributed by atoms with E-state index in [9.17, 15) is 4.79 Å². The maximum atomic E-state index is 12.4. The number of carbonyl (C=O) groups is 1. The van der Waals surface area contributed by atoms with E-state index in [0.29, 0.717) is 0 Å². The number of hydrogen-bond donors (Lipinski definition) is 0. The molecule has 2 rings (SSSR count). The van der Waals surface area contributed by atoms with E-state index in [1.807, 2.05) is 6.92 Å². The molecular weight excluding hydrogens is 200 g/mol. The van der Waals surface area contributed by atoms with Crippen molar-refractivity contribution >= 4 is 5.78 Å². The van der Waals surface area contributed by atoms with Crippen LogP contribution in [0.4, 0.5) is 0 Å². The van der Waals surface area contributed by atoms with E-state index in [-0.39, 0.29) is 5.78 Å². The predicted molar refractivity (Wildman–Crippen MR) is 64.4 cm³/mol. The molecule has 1 fully saturated rings. The van der Waals surface area contributed by atoms with Gasteiger partial charge in [-0.05, 0) is 57.4 Å². The van der Waals surface area contributed by atoms with E-state index in [0.717, 1.165) is 50.7 Å². The topological polar surface area (TPSA) is 26.3 Å². The van der Waals surface area contributed by atoms with E-state index in [1.165, 1.54) is 12.8 Å². The zero-order valence-corrected chi connectivity index (χ0v) is 10.3. The van der Waals surface area contributed by atoms with E-state index in [2.05, 4.69) is 6.08 Å². The molecule has 0 spiro atoms. The summed E-state index contributed by atoms with van der Waals surface area (Å²) in [4.78, 5) is 12.4. The molecule has 1 aliphatic carbocycles. The molecule has 0 bridgehead atoms. The summed E-state index contributed by atoms with van der Waals surface area (Å²) in [6.45, 7) is 2.72. The summed E-state index contributed by atoms with van der Waals surface area (Å²) in [7, 11) is 0. The molecule has 1 unspecified atom stereocenters. The first kappa shape index (κ1) is 11.8. The van der Waals surface area contributed by atoms with Crippen LogP contribution in [0.25, 0.3) is 0 Å². The van der Waals surface area contributed by atoms with Gasteiger partial charge in [0.05, 0.1) is 0 Å². The van der Waals surface area contributed by atoms with E-state index >= 15 is 0 Å². The van der Waals surface area contributed by atoms with Gasteiger partial charge in [-0.2, -0.15) is 0 Å². The molecular formula is C14H22O2. The molecule has 90 valence electrons. The summed E-state index contributed by atoms with van der Waals surface area (Å²) in [6.07, 6.45) is 10.9. The number of rotatable bonds is 2. The fraction of sp³-hybridized carbons (Fsp3) is 0.786. The quantitative estimate of drug-likeness (QED) is 0.715. The summed E-state index contributed by atoms with van der Waals surface area (Å²) in [5.74, 6) is 0.258. The van der Waals surface area contributed by atoms with Crippen LogP contribution >= 0.6 is 0 Å². The largest absolute Gasteiger partial charge is 0.367 e. The average molecular weight is 222 g/mol. The van der Waals surface area contributed by atoms with Crippen molar-refractivity contribution in [2.45, 2.75) is 63.9 Å². The van der Waals surface area contributed by atoms with Crippen molar-refractivity contribution in [3.05, 3.63) is 11.6 Å². The van der Waals surface area contributed by atoms with E-state index < -0.39 is 5.60 Å². The SMILES string of the molecule is CC1(C(=O)C2=CCCCCC2)CCCCO1. The van der Waals surface area contributed by atoms with Crippen LogP contribution in [-0.2, 0) is 9.53 Å². The number of ketones is 1. The van der Waals surface area contributed by atoms with Gasteiger partial charge in [-0.15, -0.1) is 0 Å². The predicted octanol–water partition coefficient (Wildman–Crippen LogP) is 3.41. The van der Waals surface area contributed by atoms with Gasteiger partial charge in [0, 0.05) is 6.61 Å². The Morgan fingerprint density at radius 2 is 2.12 bits per heavy atom. The van der Waals surface area contributed by atoms with Crippen molar-refractivity contribution in [2.75, 3.05) is 6.61 Å². The molecule has 2 nitrogen and oxygen atoms in total. The number of ether oxygens (including phenoxy) is 1. The summed E-state index contributed by atoms with van der Waals surface area (Å²) >= 11 is 0. The Labute approximate surface area is 98.1 Å². The number of allylic oxidation sites excluding steroid dienone is 1. The van der Waals surface area contributed by atoms with Gasteiger partial charge in [0.25, 0.3) is 0 Å². The molecule has 1 atom stereocenters. The molecule has 0 aromatic rings. The second kappa shape index (κ2) is 5.13. The molecule has 0 saturated carbocycles. The molecule has 0 amide bonds. The average Bonchev–Trinajstić information content (AvgIpc) is 2.57. The maximum Gasteiger partial charge on any atom is 0.189 e. The molecule has 16 heavy (non-hydrogen) atoms.